The van der Waals surface area contributed by atoms with E-state index in [4.69, 9.17) is 0 Å². The summed E-state index contributed by atoms with van der Waals surface area (Å²) in [5.74, 6) is 0.693. The zero-order valence-electron chi connectivity index (χ0n) is 12.6. The third-order valence-corrected chi connectivity index (χ3v) is 6.50. The number of hydrogen-bond donors (Lipinski definition) is 1. The van der Waals surface area contributed by atoms with Gasteiger partial charge in [0.1, 0.15) is 0 Å². The van der Waals surface area contributed by atoms with E-state index < -0.39 is 0 Å². The lowest BCUT2D eigenvalue weighted by Gasteiger charge is -2.00. The number of rotatable bonds is 5. The van der Waals surface area contributed by atoms with Crippen LogP contribution in [-0.4, -0.2) is 21.6 Å². The minimum absolute atomic E-state index is 0.0114. The number of amides is 1. The van der Waals surface area contributed by atoms with Gasteiger partial charge in [0.05, 0.1) is 20.4 Å². The van der Waals surface area contributed by atoms with E-state index in [9.17, 15) is 4.79 Å². The summed E-state index contributed by atoms with van der Waals surface area (Å²) in [7, 11) is 0. The van der Waals surface area contributed by atoms with Gasteiger partial charge in [0.15, 0.2) is 9.47 Å². The summed E-state index contributed by atoms with van der Waals surface area (Å²) >= 11 is 4.78. The average molecular weight is 372 g/mol. The minimum atomic E-state index is -0.0114. The van der Waals surface area contributed by atoms with Gasteiger partial charge in [-0.2, -0.15) is 0 Å². The van der Waals surface area contributed by atoms with E-state index in [-0.39, 0.29) is 5.91 Å². The highest BCUT2D eigenvalue weighted by Crippen LogP contribution is 2.30. The molecule has 0 atom stereocenters. The highest BCUT2D eigenvalue weighted by molar-refractivity contribution is 8.01. The fourth-order valence-electron chi connectivity index (χ4n) is 2.25. The van der Waals surface area contributed by atoms with Crippen LogP contribution in [0, 0.1) is 0 Å². The Morgan fingerprint density at radius 2 is 1.62 bits per heavy atom. The molecule has 0 saturated heterocycles. The van der Waals surface area contributed by atoms with E-state index in [1.807, 2.05) is 42.5 Å². The standard InChI is InChI=1S/C17H13N3OS3/c21-15(20-16-18-11-5-1-3-7-13(11)23-16)9-10-22-17-19-12-6-2-4-8-14(12)24-17/h1-8H,9-10H2,(H,18,20,21). The van der Waals surface area contributed by atoms with Crippen LogP contribution < -0.4 is 5.32 Å². The first-order valence-electron chi connectivity index (χ1n) is 7.42. The number of anilines is 1. The van der Waals surface area contributed by atoms with Crippen molar-refractivity contribution < 1.29 is 4.79 Å². The molecule has 4 rings (SSSR count). The first-order valence-corrected chi connectivity index (χ1v) is 10.0. The summed E-state index contributed by atoms with van der Waals surface area (Å²) in [4.78, 5) is 21.1. The molecule has 0 bridgehead atoms. The molecule has 1 amide bonds. The first-order chi connectivity index (χ1) is 11.8. The van der Waals surface area contributed by atoms with Crippen molar-refractivity contribution in [3.05, 3.63) is 48.5 Å². The summed E-state index contributed by atoms with van der Waals surface area (Å²) in [6, 6.07) is 16.0. The summed E-state index contributed by atoms with van der Waals surface area (Å²) < 4.78 is 3.26. The van der Waals surface area contributed by atoms with Gasteiger partial charge in [-0.1, -0.05) is 47.4 Å². The van der Waals surface area contributed by atoms with Crippen molar-refractivity contribution >= 4 is 65.9 Å². The maximum absolute atomic E-state index is 12.1. The summed E-state index contributed by atoms with van der Waals surface area (Å²) in [5, 5.41) is 3.54. The topological polar surface area (TPSA) is 54.9 Å². The molecular formula is C17H13N3OS3. The Bertz CT molecular complexity index is 942. The maximum Gasteiger partial charge on any atom is 0.226 e. The van der Waals surface area contributed by atoms with Crippen molar-refractivity contribution in [3.63, 3.8) is 0 Å². The highest BCUT2D eigenvalue weighted by Gasteiger charge is 2.09. The molecule has 2 aromatic heterocycles. The molecule has 4 nitrogen and oxygen atoms in total. The predicted molar refractivity (Wildman–Crippen MR) is 103 cm³/mol. The molecule has 0 saturated carbocycles. The number of nitrogens with one attached hydrogen (secondary N) is 1. The van der Waals surface area contributed by atoms with E-state index >= 15 is 0 Å². The number of thiazole rings is 2. The minimum Gasteiger partial charge on any atom is -0.302 e. The van der Waals surface area contributed by atoms with Crippen LogP contribution in [0.5, 0.6) is 0 Å². The normalized spacial score (nSPS) is 11.2. The molecule has 0 spiro atoms. The molecule has 0 fully saturated rings. The summed E-state index contributed by atoms with van der Waals surface area (Å²) in [6.07, 6.45) is 0.441. The molecule has 0 aliphatic heterocycles. The number of carbonyl (C=O) groups is 1. The first kappa shape index (κ1) is 15.6. The van der Waals surface area contributed by atoms with Crippen LogP contribution in [0.2, 0.25) is 0 Å². The van der Waals surface area contributed by atoms with Crippen LogP contribution in [0.25, 0.3) is 20.4 Å². The number of nitrogens with zero attached hydrogens (tertiary/aromatic N) is 2. The smallest absolute Gasteiger partial charge is 0.226 e. The quantitative estimate of drug-likeness (QED) is 0.500. The largest absolute Gasteiger partial charge is 0.302 e. The number of fused-ring (bicyclic) bond motifs is 2. The molecule has 2 heterocycles. The lowest BCUT2D eigenvalue weighted by Crippen LogP contribution is -2.11. The molecule has 0 unspecified atom stereocenters. The van der Waals surface area contributed by atoms with Gasteiger partial charge >= 0.3 is 0 Å². The van der Waals surface area contributed by atoms with Crippen LogP contribution in [0.3, 0.4) is 0 Å². The zero-order valence-corrected chi connectivity index (χ0v) is 15.0. The molecule has 0 radical (unpaired) electrons. The van der Waals surface area contributed by atoms with Crippen molar-refractivity contribution in [1.29, 1.82) is 0 Å². The molecule has 0 aliphatic carbocycles. The SMILES string of the molecule is O=C(CCSc1nc2ccccc2s1)Nc1nc2ccccc2s1. The molecule has 4 aromatic rings. The van der Waals surface area contributed by atoms with Crippen molar-refractivity contribution in [2.75, 3.05) is 11.1 Å². The van der Waals surface area contributed by atoms with Gasteiger partial charge in [0, 0.05) is 12.2 Å². The molecule has 1 N–H and O–H groups in total. The fourth-order valence-corrected chi connectivity index (χ4v) is 5.21. The van der Waals surface area contributed by atoms with Crippen LogP contribution in [0.1, 0.15) is 6.42 Å². The van der Waals surface area contributed by atoms with E-state index in [1.165, 1.54) is 16.0 Å². The lowest BCUT2D eigenvalue weighted by molar-refractivity contribution is -0.115. The van der Waals surface area contributed by atoms with Crippen molar-refractivity contribution in [3.8, 4) is 0 Å². The van der Waals surface area contributed by atoms with Gasteiger partial charge in [-0.05, 0) is 24.3 Å². The van der Waals surface area contributed by atoms with Crippen LogP contribution in [-0.2, 0) is 4.79 Å². The van der Waals surface area contributed by atoms with E-state index in [0.717, 1.165) is 20.1 Å². The second kappa shape index (κ2) is 6.88. The lowest BCUT2D eigenvalue weighted by atomic mass is 10.3. The van der Waals surface area contributed by atoms with Gasteiger partial charge < -0.3 is 5.32 Å². The summed E-state index contributed by atoms with van der Waals surface area (Å²) in [6.45, 7) is 0. The van der Waals surface area contributed by atoms with E-state index in [2.05, 4.69) is 21.4 Å². The van der Waals surface area contributed by atoms with E-state index in [1.54, 1.807) is 23.1 Å². The number of carbonyl (C=O) groups excluding carboxylic acids is 1. The van der Waals surface area contributed by atoms with Gasteiger partial charge in [-0.3, -0.25) is 4.79 Å². The third kappa shape index (κ3) is 3.43. The average Bonchev–Trinajstić information content (AvgIpc) is 3.17. The second-order valence-electron chi connectivity index (χ2n) is 5.08. The number of aromatic nitrogens is 2. The Hall–Kier alpha value is -1.96. The Labute approximate surface area is 151 Å². The predicted octanol–water partition coefficient (Wildman–Crippen LogP) is 5.03. The Kier molecular flexibility index (Phi) is 4.46. The molecule has 7 heteroatoms. The van der Waals surface area contributed by atoms with Crippen molar-refractivity contribution in [2.45, 2.75) is 10.8 Å². The number of thioether (sulfide) groups is 1. The van der Waals surface area contributed by atoms with Crippen molar-refractivity contribution in [2.24, 2.45) is 0 Å². The molecule has 120 valence electrons. The molecule has 24 heavy (non-hydrogen) atoms. The van der Waals surface area contributed by atoms with Gasteiger partial charge in [0.25, 0.3) is 0 Å². The van der Waals surface area contributed by atoms with Gasteiger partial charge in [-0.15, -0.1) is 11.3 Å². The van der Waals surface area contributed by atoms with Crippen LogP contribution in [0.4, 0.5) is 5.13 Å². The Morgan fingerprint density at radius 1 is 0.958 bits per heavy atom. The van der Waals surface area contributed by atoms with Crippen LogP contribution in [0.15, 0.2) is 52.9 Å². The third-order valence-electron chi connectivity index (χ3n) is 3.37. The van der Waals surface area contributed by atoms with Gasteiger partial charge in [-0.25, -0.2) is 9.97 Å². The Balaban J connectivity index is 1.33. The number of hydrogen-bond acceptors (Lipinski definition) is 6. The summed E-state index contributed by atoms with van der Waals surface area (Å²) in [5.41, 5.74) is 1.94. The fraction of sp³-hybridized carbons (Fsp3) is 0.118. The molecular weight excluding hydrogens is 358 g/mol. The number of para-hydroxylation sites is 2. The zero-order chi connectivity index (χ0) is 16.4. The van der Waals surface area contributed by atoms with Crippen molar-refractivity contribution in [1.82, 2.24) is 9.97 Å². The van der Waals surface area contributed by atoms with Gasteiger partial charge in [0.2, 0.25) is 5.91 Å². The highest BCUT2D eigenvalue weighted by atomic mass is 32.2. The van der Waals surface area contributed by atoms with E-state index in [0.29, 0.717) is 17.3 Å². The molecule has 2 aromatic carbocycles. The monoisotopic (exact) mass is 371 g/mol. The number of benzene rings is 2. The van der Waals surface area contributed by atoms with Crippen LogP contribution >= 0.6 is 34.4 Å². The Morgan fingerprint density at radius 3 is 2.33 bits per heavy atom. The maximum atomic E-state index is 12.1. The second-order valence-corrected chi connectivity index (χ2v) is 8.48. The molecule has 0 aliphatic rings.